The summed E-state index contributed by atoms with van der Waals surface area (Å²) in [7, 11) is 1.75. The largest absolute Gasteiger partial charge is 0.397 e. The zero-order chi connectivity index (χ0) is 12.4. The van der Waals surface area contributed by atoms with E-state index in [2.05, 4.69) is 10.3 Å². The van der Waals surface area contributed by atoms with Crippen molar-refractivity contribution < 1.29 is 4.79 Å². The average molecular weight is 251 g/mol. The van der Waals surface area contributed by atoms with Gasteiger partial charge >= 0.3 is 0 Å². The zero-order valence-electron chi connectivity index (χ0n) is 9.14. The summed E-state index contributed by atoms with van der Waals surface area (Å²) in [4.78, 5) is 15.8. The second kappa shape index (κ2) is 4.47. The zero-order valence-corrected chi connectivity index (χ0v) is 9.90. The molecule has 0 spiro atoms. The van der Waals surface area contributed by atoms with E-state index in [0.717, 1.165) is 0 Å². The first kappa shape index (κ1) is 11.5. The summed E-state index contributed by atoms with van der Waals surface area (Å²) < 4.78 is 1.65. The number of aromatic nitrogens is 2. The third-order valence-electron chi connectivity index (χ3n) is 2.23. The molecular weight excluding hydrogens is 240 g/mol. The second-order valence-corrected chi connectivity index (χ2v) is 4.02. The third kappa shape index (κ3) is 2.57. The molecule has 0 aromatic carbocycles. The Morgan fingerprint density at radius 2 is 2.29 bits per heavy atom. The number of pyridine rings is 1. The van der Waals surface area contributed by atoms with Crippen molar-refractivity contribution in [3.05, 3.63) is 41.3 Å². The second-order valence-electron chi connectivity index (χ2n) is 3.59. The van der Waals surface area contributed by atoms with Crippen molar-refractivity contribution in [3.8, 4) is 0 Å². The van der Waals surface area contributed by atoms with Crippen LogP contribution in [0.2, 0.25) is 5.02 Å². The predicted octanol–water partition coefficient (Wildman–Crippen LogP) is 1.91. The summed E-state index contributed by atoms with van der Waals surface area (Å²) in [5.74, 6) is 0.179. The molecule has 0 aliphatic heterocycles. The fourth-order valence-electron chi connectivity index (χ4n) is 1.45. The Balaban J connectivity index is 2.17. The number of halogens is 1. The first-order chi connectivity index (χ1) is 8.06. The van der Waals surface area contributed by atoms with Crippen LogP contribution in [0.5, 0.6) is 0 Å². The number of nitrogen functional groups attached to an aromatic ring is 1. The molecule has 0 saturated carbocycles. The van der Waals surface area contributed by atoms with Gasteiger partial charge in [-0.25, -0.2) is 4.98 Å². The lowest BCUT2D eigenvalue weighted by Crippen LogP contribution is -2.15. The number of hydrogen-bond acceptors (Lipinski definition) is 3. The molecule has 2 aromatic rings. The fraction of sp³-hybridized carbons (Fsp3) is 0.0909. The number of anilines is 2. The molecule has 5 nitrogen and oxygen atoms in total. The summed E-state index contributed by atoms with van der Waals surface area (Å²) in [6.45, 7) is 0. The monoisotopic (exact) mass is 250 g/mol. The number of nitrogens with zero attached hydrogens (tertiary/aromatic N) is 2. The van der Waals surface area contributed by atoms with Crippen LogP contribution in [0.25, 0.3) is 0 Å². The third-order valence-corrected chi connectivity index (χ3v) is 2.45. The average Bonchev–Trinajstić information content (AvgIpc) is 2.61. The number of amides is 1. The highest BCUT2D eigenvalue weighted by Crippen LogP contribution is 2.13. The summed E-state index contributed by atoms with van der Waals surface area (Å²) in [5, 5.41) is 3.17. The molecule has 2 rings (SSSR count). The number of nitrogens with one attached hydrogen (secondary N) is 1. The van der Waals surface area contributed by atoms with Crippen molar-refractivity contribution in [2.45, 2.75) is 0 Å². The highest BCUT2D eigenvalue weighted by molar-refractivity contribution is 6.30. The quantitative estimate of drug-likeness (QED) is 0.855. The highest BCUT2D eigenvalue weighted by Gasteiger charge is 2.11. The molecule has 3 N–H and O–H groups in total. The minimum atomic E-state index is -0.265. The molecule has 0 radical (unpaired) electrons. The van der Waals surface area contributed by atoms with Gasteiger partial charge in [0.2, 0.25) is 0 Å². The molecule has 0 saturated heterocycles. The maximum Gasteiger partial charge on any atom is 0.273 e. The first-order valence-corrected chi connectivity index (χ1v) is 5.29. The van der Waals surface area contributed by atoms with E-state index in [1.165, 1.54) is 6.20 Å². The molecule has 0 bridgehead atoms. The standard InChI is InChI=1S/C11H11ClN4O/c1-16-6-8(13)4-9(16)11(17)15-10-3-2-7(12)5-14-10/h2-6H,13H2,1H3,(H,14,15,17). The van der Waals surface area contributed by atoms with Crippen molar-refractivity contribution in [1.82, 2.24) is 9.55 Å². The lowest BCUT2D eigenvalue weighted by Gasteiger charge is -2.04. The van der Waals surface area contributed by atoms with Gasteiger partial charge in [-0.1, -0.05) is 11.6 Å². The van der Waals surface area contributed by atoms with E-state index in [1.807, 2.05) is 0 Å². The number of hydrogen-bond donors (Lipinski definition) is 2. The molecule has 1 amide bonds. The van der Waals surface area contributed by atoms with Crippen LogP contribution in [0.1, 0.15) is 10.5 Å². The Bertz CT molecular complexity index is 547. The minimum Gasteiger partial charge on any atom is -0.397 e. The Labute approximate surface area is 103 Å². The molecular formula is C11H11ClN4O. The lowest BCUT2D eigenvalue weighted by molar-refractivity contribution is 0.101. The maximum absolute atomic E-state index is 11.9. The Morgan fingerprint density at radius 1 is 1.53 bits per heavy atom. The molecule has 17 heavy (non-hydrogen) atoms. The van der Waals surface area contributed by atoms with Crippen LogP contribution in [0.15, 0.2) is 30.6 Å². The molecule has 2 aromatic heterocycles. The number of aryl methyl sites for hydroxylation is 1. The van der Waals surface area contributed by atoms with Gasteiger partial charge in [0, 0.05) is 19.4 Å². The van der Waals surface area contributed by atoms with Crippen molar-refractivity contribution in [3.63, 3.8) is 0 Å². The molecule has 0 aliphatic rings. The SMILES string of the molecule is Cn1cc(N)cc1C(=O)Nc1ccc(Cl)cn1. The van der Waals surface area contributed by atoms with Gasteiger partial charge in [-0.2, -0.15) is 0 Å². The predicted molar refractivity (Wildman–Crippen MR) is 67.0 cm³/mol. The normalized spacial score (nSPS) is 10.2. The van der Waals surface area contributed by atoms with Gasteiger partial charge in [-0.05, 0) is 18.2 Å². The van der Waals surface area contributed by atoms with Crippen LogP contribution in [-0.4, -0.2) is 15.5 Å². The molecule has 0 atom stereocenters. The van der Waals surface area contributed by atoms with Crippen molar-refractivity contribution in [2.75, 3.05) is 11.1 Å². The van der Waals surface area contributed by atoms with Gasteiger partial charge in [0.15, 0.2) is 0 Å². The van der Waals surface area contributed by atoms with Crippen LogP contribution in [0, 0.1) is 0 Å². The van der Waals surface area contributed by atoms with E-state index in [-0.39, 0.29) is 5.91 Å². The summed E-state index contributed by atoms with van der Waals surface area (Å²) in [5.41, 5.74) is 6.61. The van der Waals surface area contributed by atoms with E-state index in [0.29, 0.717) is 22.2 Å². The van der Waals surface area contributed by atoms with Crippen molar-refractivity contribution >= 4 is 29.0 Å². The van der Waals surface area contributed by atoms with Gasteiger partial charge in [-0.15, -0.1) is 0 Å². The summed E-state index contributed by atoms with van der Waals surface area (Å²) in [6.07, 6.45) is 3.14. The molecule has 6 heteroatoms. The maximum atomic E-state index is 11.9. The van der Waals surface area contributed by atoms with Gasteiger partial charge < -0.3 is 15.6 Å². The molecule has 88 valence electrons. The minimum absolute atomic E-state index is 0.265. The van der Waals surface area contributed by atoms with E-state index < -0.39 is 0 Å². The topological polar surface area (TPSA) is 72.9 Å². The number of nitrogens with two attached hydrogens (primary N) is 1. The number of carbonyl (C=O) groups excluding carboxylic acids is 1. The fourth-order valence-corrected chi connectivity index (χ4v) is 1.56. The number of carbonyl (C=O) groups is 1. The van der Waals surface area contributed by atoms with E-state index in [4.69, 9.17) is 17.3 Å². The molecule has 0 aliphatic carbocycles. The van der Waals surface area contributed by atoms with Crippen LogP contribution >= 0.6 is 11.6 Å². The van der Waals surface area contributed by atoms with Gasteiger partial charge in [0.25, 0.3) is 5.91 Å². The van der Waals surface area contributed by atoms with Crippen LogP contribution in [-0.2, 0) is 7.05 Å². The molecule has 2 heterocycles. The van der Waals surface area contributed by atoms with Crippen LogP contribution in [0.4, 0.5) is 11.5 Å². The summed E-state index contributed by atoms with van der Waals surface area (Å²) in [6, 6.07) is 4.89. The first-order valence-electron chi connectivity index (χ1n) is 4.91. The van der Waals surface area contributed by atoms with E-state index in [1.54, 1.807) is 36.0 Å². The smallest absolute Gasteiger partial charge is 0.273 e. The Kier molecular flexibility index (Phi) is 3.01. The van der Waals surface area contributed by atoms with Crippen LogP contribution in [0.3, 0.4) is 0 Å². The summed E-state index contributed by atoms with van der Waals surface area (Å²) >= 11 is 5.70. The van der Waals surface area contributed by atoms with Crippen LogP contribution < -0.4 is 11.1 Å². The van der Waals surface area contributed by atoms with Gasteiger partial charge in [0.1, 0.15) is 11.5 Å². The van der Waals surface area contributed by atoms with E-state index in [9.17, 15) is 4.79 Å². The van der Waals surface area contributed by atoms with Crippen molar-refractivity contribution in [2.24, 2.45) is 7.05 Å². The molecule has 0 unspecified atom stereocenters. The Hall–Kier alpha value is -2.01. The van der Waals surface area contributed by atoms with Gasteiger partial charge in [0.05, 0.1) is 10.7 Å². The number of rotatable bonds is 2. The molecule has 0 fully saturated rings. The highest BCUT2D eigenvalue weighted by atomic mass is 35.5. The van der Waals surface area contributed by atoms with Crippen molar-refractivity contribution in [1.29, 1.82) is 0 Å². The van der Waals surface area contributed by atoms with E-state index >= 15 is 0 Å². The Morgan fingerprint density at radius 3 is 2.82 bits per heavy atom. The van der Waals surface area contributed by atoms with Gasteiger partial charge in [-0.3, -0.25) is 4.79 Å². The lowest BCUT2D eigenvalue weighted by atomic mass is 10.3.